The van der Waals surface area contributed by atoms with Crippen molar-refractivity contribution in [2.45, 2.75) is 141 Å². The van der Waals surface area contributed by atoms with Gasteiger partial charge in [-0.2, -0.15) is 0 Å². The van der Waals surface area contributed by atoms with Gasteiger partial charge in [0.2, 0.25) is 10.0 Å². The van der Waals surface area contributed by atoms with Crippen LogP contribution in [0.2, 0.25) is 0 Å². The maximum atomic E-state index is 13.6. The number of carbonyl (C=O) groups excluding carboxylic acids is 5. The third-order valence-electron chi connectivity index (χ3n) is 24.8. The molecule has 566 valence electrons. The number of allylic oxidation sites excluding steroid dienone is 3. The number of aromatic nitrogens is 3. The zero-order valence-electron chi connectivity index (χ0n) is 61.7. The molecule has 21 atom stereocenters. The average Bonchev–Trinajstić information content (AvgIpc) is 1.68. The Kier molecular flexibility index (Phi) is 23.7. The summed E-state index contributed by atoms with van der Waals surface area (Å²) in [4.78, 5) is 77.7. The normalized spacial score (nSPS) is 31.9. The first kappa shape index (κ1) is 76.2. The van der Waals surface area contributed by atoms with E-state index < -0.39 is 10.0 Å². The molecule has 0 bridgehead atoms. The van der Waals surface area contributed by atoms with Crippen molar-refractivity contribution in [3.05, 3.63) is 181 Å². The van der Waals surface area contributed by atoms with Crippen molar-refractivity contribution in [2.24, 2.45) is 88.8 Å². The van der Waals surface area contributed by atoms with Gasteiger partial charge in [-0.1, -0.05) is 72.8 Å². The lowest BCUT2D eigenvalue weighted by atomic mass is 9.56. The van der Waals surface area contributed by atoms with E-state index in [4.69, 9.17) is 18.9 Å². The van der Waals surface area contributed by atoms with Gasteiger partial charge in [0.1, 0.15) is 35.8 Å². The van der Waals surface area contributed by atoms with Gasteiger partial charge in [-0.3, -0.25) is 29.3 Å². The van der Waals surface area contributed by atoms with Gasteiger partial charge in [0, 0.05) is 85.3 Å². The minimum absolute atomic E-state index is 0.0840. The Bertz CT molecular complexity index is 4390. The molecule has 0 radical (unpaired) electrons. The molecule has 107 heavy (non-hydrogen) atoms. The van der Waals surface area contributed by atoms with Gasteiger partial charge < -0.3 is 34.5 Å². The number of amides is 3. The van der Waals surface area contributed by atoms with E-state index >= 15 is 0 Å². The summed E-state index contributed by atoms with van der Waals surface area (Å²) in [6, 6.07) is 31.1. The molecule has 3 N–H and O–H groups in total. The first-order valence-corrected chi connectivity index (χ1v) is 40.0. The molecule has 18 nitrogen and oxygen atoms in total. The lowest BCUT2D eigenvalue weighted by molar-refractivity contribution is -0.145. The van der Waals surface area contributed by atoms with Crippen molar-refractivity contribution in [2.75, 3.05) is 27.0 Å². The number of sulfonamides is 1. The number of benzene rings is 3. The molecular formula is C85H98F3N7O11S. The average molecular weight is 1480 g/mol. The number of carbonyl (C=O) groups is 5. The van der Waals surface area contributed by atoms with Crippen LogP contribution in [0.3, 0.4) is 0 Å². The number of nitrogens with one attached hydrogen (secondary N) is 3. The number of nitrogens with zero attached hydrogens (tertiary/aromatic N) is 4. The van der Waals surface area contributed by atoms with Crippen LogP contribution >= 0.6 is 0 Å². The molecular weight excluding hydrogens is 1380 g/mol. The predicted octanol–water partition coefficient (Wildman–Crippen LogP) is 15.2. The van der Waals surface area contributed by atoms with Gasteiger partial charge in [0.25, 0.3) is 0 Å². The summed E-state index contributed by atoms with van der Waals surface area (Å²) in [7, 11) is 0.174. The molecule has 9 aliphatic rings. The lowest BCUT2D eigenvalue weighted by Gasteiger charge is -2.48. The highest BCUT2D eigenvalue weighted by atomic mass is 32.2. The number of pyridine rings is 3. The predicted molar refractivity (Wildman–Crippen MR) is 402 cm³/mol. The first-order chi connectivity index (χ1) is 51.4. The van der Waals surface area contributed by atoms with Crippen LogP contribution in [0, 0.1) is 106 Å². The molecule has 3 amide bonds. The second-order valence-corrected chi connectivity index (χ2v) is 32.9. The van der Waals surface area contributed by atoms with Crippen molar-refractivity contribution in [3.8, 4) is 33.4 Å². The zero-order chi connectivity index (χ0) is 75.4. The monoisotopic (exact) mass is 1480 g/mol. The summed E-state index contributed by atoms with van der Waals surface area (Å²) >= 11 is 0. The van der Waals surface area contributed by atoms with Crippen molar-refractivity contribution >= 4 is 58.3 Å². The fourth-order valence-corrected chi connectivity index (χ4v) is 20.8. The zero-order valence-corrected chi connectivity index (χ0v) is 62.5. The van der Waals surface area contributed by atoms with Crippen LogP contribution in [0.15, 0.2) is 146 Å². The maximum absolute atomic E-state index is 13.6. The van der Waals surface area contributed by atoms with E-state index in [1.54, 1.807) is 48.7 Å². The highest BCUT2D eigenvalue weighted by Crippen LogP contribution is 2.57. The van der Waals surface area contributed by atoms with Crippen LogP contribution in [0.5, 0.6) is 0 Å². The number of hydrogen-bond donors (Lipinski definition) is 3. The Morgan fingerprint density at radius 2 is 0.897 bits per heavy atom. The topological polar surface area (TPSA) is 234 Å². The Morgan fingerprint density at radius 1 is 0.523 bits per heavy atom. The van der Waals surface area contributed by atoms with Crippen molar-refractivity contribution in [1.82, 2.24) is 35.2 Å². The SMILES string of the molecule is CCOC(=O)N(C)[C@@H]1CC[C@@H]2[C@@H](C1)C[C@H]1C(=O)O[C@H](C)[C@H]1[C@H]2/C=C/c1ccc(-c2cccc(F)c2)cn1.CNC(=O)N[C@@H]1CC[C@@H]2[C@@H](C1)C[C@H]1C(=O)O[C@H](C)[C@H]1[C@H]2/C=C/c1ccc(-c2cccc(F)c2)cn1.C[C@H]1OC(=O)[C@@H]2C[C@@H]3C[C@H](NS(C)(=O)=O)CC[C@H]3[C@H](/C=C/c3ccc(-c4cccc(F)c4)cn3)[C@H]12. The van der Waals surface area contributed by atoms with Gasteiger partial charge in [-0.05, 0) is 248 Å². The number of urea groups is 1. The summed E-state index contributed by atoms with van der Waals surface area (Å²) in [6.07, 6.45) is 29.0. The molecule has 22 heteroatoms. The molecule has 9 fully saturated rings. The molecule has 0 unspecified atom stereocenters. The number of rotatable bonds is 14. The molecule has 3 aromatic heterocycles. The fourth-order valence-electron chi connectivity index (χ4n) is 20.0. The van der Waals surface area contributed by atoms with Crippen molar-refractivity contribution < 1.29 is 64.5 Å². The Balaban J connectivity index is 0.000000142. The molecule has 6 heterocycles. The Hall–Kier alpha value is -9.02. The van der Waals surface area contributed by atoms with Gasteiger partial charge in [0.15, 0.2) is 0 Å². The Labute approximate surface area is 625 Å². The maximum Gasteiger partial charge on any atom is 0.409 e. The second-order valence-electron chi connectivity index (χ2n) is 31.1. The standard InChI is InChI=1S/C30H35FN2O4.C28H32FN3O3.C27H31FN2O4S/c1-4-36-30(35)33(3)24-11-13-25-21(15-24)16-27-28(18(2)37-29(27)34)26(25)12-10-23-9-8-20(17-32-23)19-6-5-7-22(31)14-19;1-16-26-24(11-8-21-7-6-18(15-31-21)17-4-3-5-20(29)12-17)23-10-9-22(32-28(34)30-2)13-19(23)14-25(26)27(33)35-16;1-16-26-24(11-8-21-7-6-18(15-29-21)17-4-3-5-20(28)12-17)23-10-9-22(30-35(2,32)33)13-19(23)14-25(26)27(31)34-16/h5-10,12,14,17-18,21,24-28H,4,11,13,15-16H2,1-3H3;3-8,11-12,15-16,19,22-26H,9-10,13-14H2,1-2H3,(H2,30,32,34);3-8,11-12,15-16,19,22-26,30H,9-10,13-14H2,1-2H3/b12-10+;2*11-8+/t18-,21+,24-,25-,26+,27-,28+;2*16-,19+,22-,23-,24+,25-,26+/m111/s1. The minimum atomic E-state index is -3.27. The molecule has 3 aromatic carbocycles. The summed E-state index contributed by atoms with van der Waals surface area (Å²) < 4.78 is 89.3. The number of halogens is 3. The van der Waals surface area contributed by atoms with Crippen LogP contribution in [-0.2, 0) is 43.4 Å². The molecule has 6 aliphatic carbocycles. The van der Waals surface area contributed by atoms with Gasteiger partial charge >= 0.3 is 30.0 Å². The summed E-state index contributed by atoms with van der Waals surface area (Å²) in [5.41, 5.74) is 7.40. The number of esters is 3. The molecule has 3 aliphatic heterocycles. The largest absolute Gasteiger partial charge is 0.462 e. The molecule has 6 saturated carbocycles. The van der Waals surface area contributed by atoms with Crippen LogP contribution in [0.4, 0.5) is 22.8 Å². The van der Waals surface area contributed by atoms with E-state index in [1.807, 2.05) is 108 Å². The number of fused-ring (bicyclic) bond motifs is 6. The van der Waals surface area contributed by atoms with Gasteiger partial charge in [0.05, 0.1) is 47.7 Å². The quantitative estimate of drug-likeness (QED) is 0.0680. The van der Waals surface area contributed by atoms with Crippen LogP contribution in [0.25, 0.3) is 51.6 Å². The molecule has 3 saturated heterocycles. The summed E-state index contributed by atoms with van der Waals surface area (Å²) in [5.74, 6) is 1.72. The summed E-state index contributed by atoms with van der Waals surface area (Å²) in [5, 5.41) is 5.70. The van der Waals surface area contributed by atoms with Gasteiger partial charge in [-0.25, -0.2) is 35.9 Å². The van der Waals surface area contributed by atoms with E-state index in [1.165, 1.54) is 42.7 Å². The first-order valence-electron chi connectivity index (χ1n) is 38.1. The fraction of sp³-hybridized carbons (Fsp3) is 0.482. The highest BCUT2D eigenvalue weighted by Gasteiger charge is 2.58. The third kappa shape index (κ3) is 17.6. The van der Waals surface area contributed by atoms with Crippen LogP contribution in [0.1, 0.15) is 122 Å². The highest BCUT2D eigenvalue weighted by molar-refractivity contribution is 7.88. The third-order valence-corrected chi connectivity index (χ3v) is 25.5. The van der Waals surface area contributed by atoms with Crippen molar-refractivity contribution in [3.63, 3.8) is 0 Å². The molecule has 0 spiro atoms. The van der Waals surface area contributed by atoms with E-state index in [0.717, 1.165) is 128 Å². The molecule has 15 rings (SSSR count). The van der Waals surface area contributed by atoms with E-state index in [9.17, 15) is 45.6 Å². The Morgan fingerprint density at radius 3 is 1.25 bits per heavy atom. The second kappa shape index (κ2) is 33.2. The number of hydrogen-bond acceptors (Lipinski definition) is 14. The van der Waals surface area contributed by atoms with E-state index in [0.29, 0.717) is 36.2 Å². The summed E-state index contributed by atoms with van der Waals surface area (Å²) in [6.45, 7) is 8.17. The molecule has 6 aromatic rings. The van der Waals surface area contributed by atoms with Gasteiger partial charge in [-0.15, -0.1) is 0 Å². The van der Waals surface area contributed by atoms with Crippen LogP contribution < -0.4 is 15.4 Å². The number of ether oxygens (including phenoxy) is 4. The smallest absolute Gasteiger partial charge is 0.409 e. The lowest BCUT2D eigenvalue weighted by Crippen LogP contribution is -2.49. The van der Waals surface area contributed by atoms with E-state index in [2.05, 4.69) is 48.5 Å². The van der Waals surface area contributed by atoms with Crippen LogP contribution in [-0.4, -0.2) is 122 Å². The number of cyclic esters (lactones) is 3. The van der Waals surface area contributed by atoms with Crippen molar-refractivity contribution in [1.29, 1.82) is 0 Å². The van der Waals surface area contributed by atoms with E-state index in [-0.39, 0.29) is 143 Å². The minimum Gasteiger partial charge on any atom is -0.462 e.